The lowest BCUT2D eigenvalue weighted by molar-refractivity contribution is -0.123. The Labute approximate surface area is 179 Å². The molecule has 2 aromatic carbocycles. The van der Waals surface area contributed by atoms with Crippen LogP contribution in [0, 0.1) is 13.8 Å². The minimum Gasteiger partial charge on any atom is -0.490 e. The molecule has 0 aliphatic carbocycles. The predicted octanol–water partition coefficient (Wildman–Crippen LogP) is 4.48. The van der Waals surface area contributed by atoms with Crippen molar-refractivity contribution in [1.82, 2.24) is 10.2 Å². The van der Waals surface area contributed by atoms with Gasteiger partial charge in [0.1, 0.15) is 0 Å². The molecule has 2 aromatic rings. The summed E-state index contributed by atoms with van der Waals surface area (Å²) in [5.41, 5.74) is 4.87. The first-order valence-corrected chi connectivity index (χ1v) is 11.0. The fourth-order valence-corrected chi connectivity index (χ4v) is 4.37. The maximum atomic E-state index is 12.8. The van der Waals surface area contributed by atoms with Crippen molar-refractivity contribution < 1.29 is 14.3 Å². The summed E-state index contributed by atoms with van der Waals surface area (Å²) in [6, 6.07) is 12.8. The fourth-order valence-electron chi connectivity index (χ4n) is 4.37. The third-order valence-corrected chi connectivity index (χ3v) is 6.28. The van der Waals surface area contributed by atoms with Crippen LogP contribution in [0.5, 0.6) is 11.5 Å². The highest BCUT2D eigenvalue weighted by Gasteiger charge is 2.29. The monoisotopic (exact) mass is 408 g/mol. The summed E-state index contributed by atoms with van der Waals surface area (Å²) < 4.78 is 11.6. The largest absolute Gasteiger partial charge is 0.490 e. The Morgan fingerprint density at radius 2 is 1.87 bits per heavy atom. The number of hydrogen-bond donors (Lipinski definition) is 1. The minimum atomic E-state index is -0.00380. The molecule has 1 N–H and O–H groups in total. The van der Waals surface area contributed by atoms with Crippen LogP contribution < -0.4 is 14.8 Å². The van der Waals surface area contributed by atoms with Gasteiger partial charge in [0.15, 0.2) is 11.5 Å². The highest BCUT2D eigenvalue weighted by atomic mass is 16.5. The average molecular weight is 409 g/mol. The van der Waals surface area contributed by atoms with Gasteiger partial charge in [-0.05, 0) is 74.5 Å². The van der Waals surface area contributed by atoms with Crippen LogP contribution in [0.2, 0.25) is 0 Å². The van der Waals surface area contributed by atoms with E-state index < -0.39 is 0 Å². The Hall–Kier alpha value is -2.53. The molecule has 0 unspecified atom stereocenters. The molecular formula is C25H32N2O3. The number of likely N-dealkylation sites (tertiary alicyclic amines) is 1. The molecule has 160 valence electrons. The molecule has 1 saturated heterocycles. The summed E-state index contributed by atoms with van der Waals surface area (Å²) >= 11 is 0. The van der Waals surface area contributed by atoms with Crippen molar-refractivity contribution in [2.75, 3.05) is 26.3 Å². The van der Waals surface area contributed by atoms with Gasteiger partial charge >= 0.3 is 0 Å². The van der Waals surface area contributed by atoms with E-state index in [1.807, 2.05) is 13.0 Å². The predicted molar refractivity (Wildman–Crippen MR) is 118 cm³/mol. The number of nitrogens with zero attached hydrogens (tertiary/aromatic N) is 1. The SMILES string of the molecule is Cc1ccc([C@@H](C)NC(=O)CN2CCC[C@@H]2c2ccc3c(c2)OCCCO3)cc1C. The minimum absolute atomic E-state index is 0.00380. The molecule has 2 aliphatic rings. The van der Waals surface area contributed by atoms with Gasteiger partial charge in [0.05, 0.1) is 25.8 Å². The molecule has 5 nitrogen and oxygen atoms in total. The molecular weight excluding hydrogens is 376 g/mol. The fraction of sp³-hybridized carbons (Fsp3) is 0.480. The molecule has 2 heterocycles. The molecule has 2 aliphatic heterocycles. The molecule has 0 aromatic heterocycles. The first kappa shape index (κ1) is 20.7. The molecule has 1 amide bonds. The summed E-state index contributed by atoms with van der Waals surface area (Å²) in [5, 5.41) is 3.17. The van der Waals surface area contributed by atoms with Crippen molar-refractivity contribution in [2.45, 2.75) is 52.1 Å². The third kappa shape index (κ3) is 4.62. The van der Waals surface area contributed by atoms with E-state index in [9.17, 15) is 4.79 Å². The van der Waals surface area contributed by atoms with E-state index in [0.717, 1.165) is 42.9 Å². The van der Waals surface area contributed by atoms with Gasteiger partial charge in [-0.1, -0.05) is 24.3 Å². The normalized spacial score (nSPS) is 19.9. The number of aryl methyl sites for hydroxylation is 2. The van der Waals surface area contributed by atoms with Crippen LogP contribution in [0.1, 0.15) is 60.5 Å². The Bertz CT molecular complexity index is 911. The number of carbonyl (C=O) groups is 1. The van der Waals surface area contributed by atoms with E-state index in [4.69, 9.17) is 9.47 Å². The van der Waals surface area contributed by atoms with Crippen molar-refractivity contribution in [3.8, 4) is 11.5 Å². The maximum Gasteiger partial charge on any atom is 0.234 e. The quantitative estimate of drug-likeness (QED) is 0.793. The Kier molecular flexibility index (Phi) is 6.28. The van der Waals surface area contributed by atoms with Crippen molar-refractivity contribution >= 4 is 5.91 Å². The standard InChI is InChI=1S/C25H32N2O3/c1-17-7-8-20(14-18(17)2)19(3)26-25(28)16-27-11-4-6-22(27)21-9-10-23-24(15-21)30-13-5-12-29-23/h7-10,14-15,19,22H,4-6,11-13,16H2,1-3H3,(H,26,28)/t19-,22-/m1/s1. The lowest BCUT2D eigenvalue weighted by Crippen LogP contribution is -2.38. The topological polar surface area (TPSA) is 50.8 Å². The zero-order chi connectivity index (χ0) is 21.1. The molecule has 2 atom stereocenters. The van der Waals surface area contributed by atoms with Gasteiger partial charge in [0.2, 0.25) is 5.91 Å². The number of rotatable bonds is 5. The van der Waals surface area contributed by atoms with E-state index in [0.29, 0.717) is 19.8 Å². The Balaban J connectivity index is 1.40. The molecule has 0 bridgehead atoms. The van der Waals surface area contributed by atoms with Gasteiger partial charge in [0, 0.05) is 12.5 Å². The first-order chi connectivity index (χ1) is 14.5. The number of hydrogen-bond acceptors (Lipinski definition) is 4. The van der Waals surface area contributed by atoms with Crippen LogP contribution in [0.4, 0.5) is 0 Å². The number of ether oxygens (including phenoxy) is 2. The average Bonchev–Trinajstić information content (AvgIpc) is 3.05. The second-order valence-corrected chi connectivity index (χ2v) is 8.52. The number of benzene rings is 2. The van der Waals surface area contributed by atoms with E-state index >= 15 is 0 Å². The van der Waals surface area contributed by atoms with Gasteiger partial charge in [0.25, 0.3) is 0 Å². The smallest absolute Gasteiger partial charge is 0.234 e. The molecule has 0 saturated carbocycles. The van der Waals surface area contributed by atoms with Crippen LogP contribution in [0.3, 0.4) is 0 Å². The maximum absolute atomic E-state index is 12.8. The summed E-state index contributed by atoms with van der Waals surface area (Å²) in [5.74, 6) is 1.72. The van der Waals surface area contributed by atoms with Gasteiger partial charge in [-0.3, -0.25) is 9.69 Å². The number of carbonyl (C=O) groups excluding carboxylic acids is 1. The third-order valence-electron chi connectivity index (χ3n) is 6.28. The van der Waals surface area contributed by atoms with Crippen LogP contribution >= 0.6 is 0 Å². The van der Waals surface area contributed by atoms with Crippen LogP contribution in [-0.4, -0.2) is 37.1 Å². The zero-order valence-corrected chi connectivity index (χ0v) is 18.2. The van der Waals surface area contributed by atoms with Crippen LogP contribution in [0.25, 0.3) is 0 Å². The number of fused-ring (bicyclic) bond motifs is 1. The summed E-state index contributed by atoms with van der Waals surface area (Å²) in [6.45, 7) is 8.99. The zero-order valence-electron chi connectivity index (χ0n) is 18.2. The van der Waals surface area contributed by atoms with Gasteiger partial charge in [-0.15, -0.1) is 0 Å². The van der Waals surface area contributed by atoms with Gasteiger partial charge in [-0.25, -0.2) is 0 Å². The second kappa shape index (κ2) is 9.09. The molecule has 5 heteroatoms. The lowest BCUT2D eigenvalue weighted by Gasteiger charge is -2.26. The highest BCUT2D eigenvalue weighted by molar-refractivity contribution is 5.78. The number of amides is 1. The molecule has 0 spiro atoms. The molecule has 0 radical (unpaired) electrons. The van der Waals surface area contributed by atoms with E-state index in [1.54, 1.807) is 0 Å². The van der Waals surface area contributed by atoms with Gasteiger partial charge in [-0.2, -0.15) is 0 Å². The molecule has 4 rings (SSSR count). The van der Waals surface area contributed by atoms with E-state index in [2.05, 4.69) is 54.4 Å². The molecule has 30 heavy (non-hydrogen) atoms. The summed E-state index contributed by atoms with van der Waals surface area (Å²) in [4.78, 5) is 15.1. The van der Waals surface area contributed by atoms with Gasteiger partial charge < -0.3 is 14.8 Å². The highest BCUT2D eigenvalue weighted by Crippen LogP contribution is 2.37. The summed E-state index contributed by atoms with van der Waals surface area (Å²) in [7, 11) is 0. The van der Waals surface area contributed by atoms with E-state index in [-0.39, 0.29) is 18.0 Å². The van der Waals surface area contributed by atoms with Crippen molar-refractivity contribution in [3.63, 3.8) is 0 Å². The lowest BCUT2D eigenvalue weighted by atomic mass is 10.0. The Morgan fingerprint density at radius 3 is 2.67 bits per heavy atom. The van der Waals surface area contributed by atoms with Crippen molar-refractivity contribution in [1.29, 1.82) is 0 Å². The summed E-state index contributed by atoms with van der Waals surface area (Å²) in [6.07, 6.45) is 3.05. The molecule has 1 fully saturated rings. The van der Waals surface area contributed by atoms with E-state index in [1.165, 1.54) is 16.7 Å². The van der Waals surface area contributed by atoms with Crippen LogP contribution in [-0.2, 0) is 4.79 Å². The second-order valence-electron chi connectivity index (χ2n) is 8.52. The van der Waals surface area contributed by atoms with Crippen molar-refractivity contribution in [3.05, 3.63) is 58.7 Å². The number of nitrogens with one attached hydrogen (secondary N) is 1. The first-order valence-electron chi connectivity index (χ1n) is 11.0. The van der Waals surface area contributed by atoms with Crippen LogP contribution in [0.15, 0.2) is 36.4 Å². The van der Waals surface area contributed by atoms with Crippen molar-refractivity contribution in [2.24, 2.45) is 0 Å². The Morgan fingerprint density at radius 1 is 1.07 bits per heavy atom.